The Hall–Kier alpha value is -1.68. The molecule has 2 aromatic rings. The summed E-state index contributed by atoms with van der Waals surface area (Å²) in [6.45, 7) is 3.23. The van der Waals surface area contributed by atoms with E-state index in [-0.39, 0.29) is 29.4 Å². The van der Waals surface area contributed by atoms with Crippen molar-refractivity contribution in [3.63, 3.8) is 0 Å². The van der Waals surface area contributed by atoms with Crippen molar-refractivity contribution >= 4 is 39.1 Å². The van der Waals surface area contributed by atoms with Crippen LogP contribution in [0.1, 0.15) is 24.0 Å². The Balaban J connectivity index is 1.23. The van der Waals surface area contributed by atoms with Crippen molar-refractivity contribution in [3.05, 3.63) is 63.6 Å². The van der Waals surface area contributed by atoms with Gasteiger partial charge in [-0.3, -0.25) is 9.69 Å². The molecule has 4 rings (SSSR count). The summed E-state index contributed by atoms with van der Waals surface area (Å²) in [4.78, 5) is 14.9. The molecule has 1 unspecified atom stereocenters. The molecule has 178 valence electrons. The van der Waals surface area contributed by atoms with E-state index in [4.69, 9.17) is 27.9 Å². The molecule has 1 saturated heterocycles. The summed E-state index contributed by atoms with van der Waals surface area (Å²) >= 11 is 12.1. The van der Waals surface area contributed by atoms with Gasteiger partial charge in [0.15, 0.2) is 0 Å². The highest BCUT2D eigenvalue weighted by Crippen LogP contribution is 2.24. The van der Waals surface area contributed by atoms with Crippen LogP contribution in [0.2, 0.25) is 10.0 Å². The first-order chi connectivity index (χ1) is 15.8. The highest BCUT2D eigenvalue weighted by atomic mass is 35.5. The molecule has 1 heterocycles. The van der Waals surface area contributed by atoms with Gasteiger partial charge in [-0.15, -0.1) is 0 Å². The second-order valence-electron chi connectivity index (χ2n) is 8.50. The van der Waals surface area contributed by atoms with Crippen LogP contribution in [-0.4, -0.2) is 57.6 Å². The van der Waals surface area contributed by atoms with Crippen LogP contribution < -0.4 is 10.0 Å². The summed E-state index contributed by atoms with van der Waals surface area (Å²) in [6.07, 6.45) is 1.84. The number of hydrogen-bond acceptors (Lipinski definition) is 5. The fourth-order valence-electron chi connectivity index (χ4n) is 3.69. The fourth-order valence-corrected chi connectivity index (χ4v) is 5.32. The molecule has 1 aliphatic carbocycles. The van der Waals surface area contributed by atoms with Gasteiger partial charge in [0.1, 0.15) is 0 Å². The molecule has 2 N–H and O–H groups in total. The molecule has 33 heavy (non-hydrogen) atoms. The van der Waals surface area contributed by atoms with E-state index >= 15 is 0 Å². The van der Waals surface area contributed by atoms with Crippen LogP contribution >= 0.6 is 23.2 Å². The smallest absolute Gasteiger partial charge is 0.240 e. The molecule has 0 bridgehead atoms. The van der Waals surface area contributed by atoms with Crippen LogP contribution in [-0.2, 0) is 32.5 Å². The number of sulfonamides is 1. The SMILES string of the molecule is O=C(Cc1ccc(S(=O)(=O)NC2CC2)cc1)NCC1CN(Cc2ccc(Cl)c(Cl)c2)CCO1. The average Bonchev–Trinajstić information content (AvgIpc) is 3.59. The molecule has 0 aromatic heterocycles. The van der Waals surface area contributed by atoms with Crippen molar-refractivity contribution in [1.29, 1.82) is 0 Å². The van der Waals surface area contributed by atoms with Crippen LogP contribution in [0.25, 0.3) is 0 Å². The van der Waals surface area contributed by atoms with Gasteiger partial charge in [0, 0.05) is 32.2 Å². The minimum Gasteiger partial charge on any atom is -0.374 e. The van der Waals surface area contributed by atoms with Gasteiger partial charge >= 0.3 is 0 Å². The summed E-state index contributed by atoms with van der Waals surface area (Å²) in [7, 11) is -3.49. The summed E-state index contributed by atoms with van der Waals surface area (Å²) in [6, 6.07) is 12.1. The van der Waals surface area contributed by atoms with Gasteiger partial charge in [0.2, 0.25) is 15.9 Å². The van der Waals surface area contributed by atoms with Gasteiger partial charge in [-0.25, -0.2) is 13.1 Å². The number of nitrogens with one attached hydrogen (secondary N) is 2. The predicted molar refractivity (Wildman–Crippen MR) is 128 cm³/mol. The topological polar surface area (TPSA) is 87.7 Å². The predicted octanol–water partition coefficient (Wildman–Crippen LogP) is 2.99. The Morgan fingerprint density at radius 1 is 1.06 bits per heavy atom. The Bertz CT molecular complexity index is 1090. The lowest BCUT2D eigenvalue weighted by Crippen LogP contribution is -2.47. The first kappa shape index (κ1) is 24.4. The Kier molecular flexibility index (Phi) is 7.94. The Labute approximate surface area is 204 Å². The molecule has 7 nitrogen and oxygen atoms in total. The van der Waals surface area contributed by atoms with Gasteiger partial charge in [-0.05, 0) is 48.2 Å². The number of benzene rings is 2. The third-order valence-corrected chi connectivity index (χ3v) is 7.91. The molecule has 2 fully saturated rings. The van der Waals surface area contributed by atoms with Crippen molar-refractivity contribution in [2.45, 2.75) is 42.8 Å². The normalized spacial score (nSPS) is 19.4. The molecule has 0 radical (unpaired) electrons. The van der Waals surface area contributed by atoms with Crippen molar-refractivity contribution in [1.82, 2.24) is 14.9 Å². The van der Waals surface area contributed by atoms with Crippen molar-refractivity contribution in [2.24, 2.45) is 0 Å². The van der Waals surface area contributed by atoms with E-state index in [1.807, 2.05) is 12.1 Å². The van der Waals surface area contributed by atoms with E-state index in [9.17, 15) is 13.2 Å². The second-order valence-corrected chi connectivity index (χ2v) is 11.0. The van der Waals surface area contributed by atoms with Crippen LogP contribution in [0, 0.1) is 0 Å². The van der Waals surface area contributed by atoms with Gasteiger partial charge in [-0.2, -0.15) is 0 Å². The number of carbonyl (C=O) groups is 1. The van der Waals surface area contributed by atoms with E-state index in [1.165, 1.54) is 0 Å². The lowest BCUT2D eigenvalue weighted by atomic mass is 10.1. The molecule has 0 spiro atoms. The fraction of sp³-hybridized carbons (Fsp3) is 0.435. The average molecular weight is 512 g/mol. The maximum atomic E-state index is 12.4. The molecule has 2 aliphatic rings. The maximum absolute atomic E-state index is 12.4. The number of rotatable bonds is 9. The second kappa shape index (κ2) is 10.7. The first-order valence-corrected chi connectivity index (χ1v) is 13.2. The van der Waals surface area contributed by atoms with Gasteiger partial charge in [0.25, 0.3) is 0 Å². The molecular weight excluding hydrogens is 485 g/mol. The number of carbonyl (C=O) groups excluding carboxylic acids is 1. The van der Waals surface area contributed by atoms with Gasteiger partial charge in [0.05, 0.1) is 34.1 Å². The van der Waals surface area contributed by atoms with Crippen LogP contribution in [0.4, 0.5) is 0 Å². The summed E-state index contributed by atoms with van der Waals surface area (Å²) in [5.41, 5.74) is 1.83. The minimum atomic E-state index is -3.49. The largest absolute Gasteiger partial charge is 0.374 e. The monoisotopic (exact) mass is 511 g/mol. The van der Waals surface area contributed by atoms with Crippen LogP contribution in [0.15, 0.2) is 47.4 Å². The Morgan fingerprint density at radius 3 is 2.48 bits per heavy atom. The molecular formula is C23H27Cl2N3O4S. The number of halogens is 2. The summed E-state index contributed by atoms with van der Waals surface area (Å²) in [5, 5.41) is 4.00. The number of nitrogens with zero attached hydrogens (tertiary/aromatic N) is 1. The zero-order valence-electron chi connectivity index (χ0n) is 18.1. The van der Waals surface area contributed by atoms with Gasteiger partial charge < -0.3 is 10.1 Å². The first-order valence-electron chi connectivity index (χ1n) is 10.9. The molecule has 1 saturated carbocycles. The summed E-state index contributed by atoms with van der Waals surface area (Å²) < 4.78 is 32.9. The van der Waals surface area contributed by atoms with E-state index in [0.29, 0.717) is 29.7 Å². The molecule has 2 aromatic carbocycles. The lowest BCUT2D eigenvalue weighted by Gasteiger charge is -2.33. The van der Waals surface area contributed by atoms with Crippen molar-refractivity contribution in [2.75, 3.05) is 26.2 Å². The standard InChI is InChI=1S/C23H27Cl2N3O4S/c24-21-8-3-17(11-22(21)25)14-28-9-10-32-19(15-28)13-26-23(29)12-16-1-6-20(7-2-16)33(30,31)27-18-4-5-18/h1-3,6-8,11,18-19,27H,4-5,9-10,12-15H2,(H,26,29). The van der Waals surface area contributed by atoms with E-state index in [0.717, 1.165) is 37.1 Å². The Morgan fingerprint density at radius 2 is 1.79 bits per heavy atom. The lowest BCUT2D eigenvalue weighted by molar-refractivity contribution is -0.121. The highest BCUT2D eigenvalue weighted by molar-refractivity contribution is 7.89. The molecule has 1 atom stereocenters. The number of ether oxygens (including phenoxy) is 1. The van der Waals surface area contributed by atoms with E-state index in [1.54, 1.807) is 30.3 Å². The maximum Gasteiger partial charge on any atom is 0.240 e. The van der Waals surface area contributed by atoms with Gasteiger partial charge in [-0.1, -0.05) is 41.4 Å². The number of morpholine rings is 1. The quantitative estimate of drug-likeness (QED) is 0.540. The number of hydrogen-bond donors (Lipinski definition) is 2. The van der Waals surface area contributed by atoms with Crippen molar-refractivity contribution in [3.8, 4) is 0 Å². The molecule has 1 aliphatic heterocycles. The van der Waals surface area contributed by atoms with Crippen LogP contribution in [0.5, 0.6) is 0 Å². The zero-order valence-corrected chi connectivity index (χ0v) is 20.4. The summed E-state index contributed by atoms with van der Waals surface area (Å²) in [5.74, 6) is -0.132. The third kappa shape index (κ3) is 7.15. The highest BCUT2D eigenvalue weighted by Gasteiger charge is 2.28. The van der Waals surface area contributed by atoms with E-state index < -0.39 is 10.0 Å². The van der Waals surface area contributed by atoms with Crippen molar-refractivity contribution < 1.29 is 17.9 Å². The third-order valence-electron chi connectivity index (χ3n) is 5.64. The zero-order chi connectivity index (χ0) is 23.4. The minimum absolute atomic E-state index is 0.0578. The number of amides is 1. The molecule has 1 amide bonds. The molecule has 10 heteroatoms. The van der Waals surface area contributed by atoms with E-state index in [2.05, 4.69) is 14.9 Å². The van der Waals surface area contributed by atoms with Crippen LogP contribution in [0.3, 0.4) is 0 Å².